The van der Waals surface area contributed by atoms with Crippen LogP contribution in [0.2, 0.25) is 0 Å². The summed E-state index contributed by atoms with van der Waals surface area (Å²) in [4.78, 5) is 8.44. The van der Waals surface area contributed by atoms with Gasteiger partial charge in [-0.1, -0.05) is 6.07 Å². The van der Waals surface area contributed by atoms with Crippen LogP contribution in [0.1, 0.15) is 11.7 Å². The molecule has 0 aromatic carbocycles. The second-order valence-corrected chi connectivity index (χ2v) is 4.40. The molecular formula is C12H11N5OS. The Kier molecular flexibility index (Phi) is 2.96. The first-order chi connectivity index (χ1) is 9.24. The Bertz CT molecular complexity index is 743. The normalized spacial score (nSPS) is 10.8. The standard InChI is InChI=1S/C12H11N5OS/c1-8-6-14-10(18-8)7-17-11(15-16-12(17)19)9-4-2-3-5-13-9/h2-6H,7H2,1H3,(H,16,19). The first-order valence-corrected chi connectivity index (χ1v) is 6.13. The van der Waals surface area contributed by atoms with Gasteiger partial charge in [-0.3, -0.25) is 14.6 Å². The predicted molar refractivity (Wildman–Crippen MR) is 71.0 cm³/mol. The van der Waals surface area contributed by atoms with Crippen LogP contribution < -0.4 is 0 Å². The van der Waals surface area contributed by atoms with Gasteiger partial charge in [0, 0.05) is 6.20 Å². The quantitative estimate of drug-likeness (QED) is 0.741. The van der Waals surface area contributed by atoms with Gasteiger partial charge in [0.25, 0.3) is 0 Å². The molecule has 6 nitrogen and oxygen atoms in total. The van der Waals surface area contributed by atoms with Crippen molar-refractivity contribution < 1.29 is 4.42 Å². The molecule has 96 valence electrons. The summed E-state index contributed by atoms with van der Waals surface area (Å²) in [5.41, 5.74) is 0.748. The maximum atomic E-state index is 5.46. The summed E-state index contributed by atoms with van der Waals surface area (Å²) in [6.07, 6.45) is 3.39. The molecule has 0 aliphatic rings. The molecule has 19 heavy (non-hydrogen) atoms. The van der Waals surface area contributed by atoms with Gasteiger partial charge in [0.15, 0.2) is 10.6 Å². The number of nitrogens with zero attached hydrogens (tertiary/aromatic N) is 4. The fourth-order valence-electron chi connectivity index (χ4n) is 1.76. The minimum atomic E-state index is 0.426. The van der Waals surface area contributed by atoms with Crippen molar-refractivity contribution in [3.05, 3.63) is 47.0 Å². The number of hydrogen-bond acceptors (Lipinski definition) is 5. The van der Waals surface area contributed by atoms with Gasteiger partial charge >= 0.3 is 0 Å². The molecular weight excluding hydrogens is 262 g/mol. The highest BCUT2D eigenvalue weighted by molar-refractivity contribution is 7.71. The Labute approximate surface area is 114 Å². The number of nitrogens with one attached hydrogen (secondary N) is 1. The van der Waals surface area contributed by atoms with E-state index >= 15 is 0 Å². The molecule has 3 rings (SSSR count). The van der Waals surface area contributed by atoms with Gasteiger partial charge in [0.05, 0.1) is 6.20 Å². The van der Waals surface area contributed by atoms with Gasteiger partial charge < -0.3 is 4.42 Å². The number of rotatable bonds is 3. The summed E-state index contributed by atoms with van der Waals surface area (Å²) in [7, 11) is 0. The van der Waals surface area contributed by atoms with Gasteiger partial charge in [-0.2, -0.15) is 5.10 Å². The molecule has 0 saturated carbocycles. The third-order valence-electron chi connectivity index (χ3n) is 2.61. The van der Waals surface area contributed by atoms with Crippen molar-refractivity contribution in [2.24, 2.45) is 0 Å². The molecule has 0 atom stereocenters. The first-order valence-electron chi connectivity index (χ1n) is 5.72. The molecule has 0 aliphatic carbocycles. The third kappa shape index (κ3) is 2.32. The Morgan fingerprint density at radius 3 is 2.95 bits per heavy atom. The third-order valence-corrected chi connectivity index (χ3v) is 2.93. The lowest BCUT2D eigenvalue weighted by Gasteiger charge is -2.03. The van der Waals surface area contributed by atoms with Crippen molar-refractivity contribution in [2.75, 3.05) is 0 Å². The second kappa shape index (κ2) is 4.77. The van der Waals surface area contributed by atoms with E-state index in [2.05, 4.69) is 20.2 Å². The van der Waals surface area contributed by atoms with Crippen molar-refractivity contribution in [1.82, 2.24) is 24.7 Å². The van der Waals surface area contributed by atoms with E-state index in [0.717, 1.165) is 11.5 Å². The predicted octanol–water partition coefficient (Wildman–Crippen LogP) is 2.35. The zero-order valence-corrected chi connectivity index (χ0v) is 11.0. The van der Waals surface area contributed by atoms with Crippen LogP contribution in [0.3, 0.4) is 0 Å². The van der Waals surface area contributed by atoms with Gasteiger partial charge in [-0.15, -0.1) is 0 Å². The maximum Gasteiger partial charge on any atom is 0.214 e. The number of pyridine rings is 1. The van der Waals surface area contributed by atoms with Crippen LogP contribution in [0.15, 0.2) is 35.0 Å². The molecule has 0 spiro atoms. The highest BCUT2D eigenvalue weighted by Gasteiger charge is 2.12. The molecule has 0 saturated heterocycles. The largest absolute Gasteiger partial charge is 0.444 e. The van der Waals surface area contributed by atoms with Gasteiger partial charge in [0.1, 0.15) is 18.0 Å². The second-order valence-electron chi connectivity index (χ2n) is 4.02. The van der Waals surface area contributed by atoms with Crippen molar-refractivity contribution in [3.8, 4) is 11.5 Å². The van der Waals surface area contributed by atoms with Crippen molar-refractivity contribution >= 4 is 12.2 Å². The fraction of sp³-hybridized carbons (Fsp3) is 0.167. The summed E-state index contributed by atoms with van der Waals surface area (Å²) in [5.74, 6) is 2.03. The van der Waals surface area contributed by atoms with Crippen LogP contribution in [-0.4, -0.2) is 24.7 Å². The average molecular weight is 273 g/mol. The highest BCUT2D eigenvalue weighted by atomic mass is 32.1. The number of aromatic nitrogens is 5. The van der Waals surface area contributed by atoms with E-state index in [-0.39, 0.29) is 0 Å². The lowest BCUT2D eigenvalue weighted by molar-refractivity contribution is 0.457. The van der Waals surface area contributed by atoms with Crippen LogP contribution in [0, 0.1) is 11.7 Å². The Balaban J connectivity index is 2.02. The highest BCUT2D eigenvalue weighted by Crippen LogP contribution is 2.15. The molecule has 3 aromatic heterocycles. The Hall–Kier alpha value is -2.28. The SMILES string of the molecule is Cc1cnc(Cn2c(-c3ccccn3)n[nH]c2=S)o1. The average Bonchev–Trinajstić information content (AvgIpc) is 2.99. The van der Waals surface area contributed by atoms with Crippen LogP contribution in [-0.2, 0) is 6.54 Å². The molecule has 0 aliphatic heterocycles. The molecule has 0 unspecified atom stereocenters. The molecule has 0 bridgehead atoms. The van der Waals surface area contributed by atoms with Gasteiger partial charge in [-0.25, -0.2) is 4.98 Å². The number of H-pyrrole nitrogens is 1. The lowest BCUT2D eigenvalue weighted by Crippen LogP contribution is -2.03. The summed E-state index contributed by atoms with van der Waals surface area (Å²) < 4.78 is 7.78. The molecule has 3 heterocycles. The summed E-state index contributed by atoms with van der Waals surface area (Å²) in [6, 6.07) is 5.63. The Morgan fingerprint density at radius 2 is 2.26 bits per heavy atom. The van der Waals surface area contributed by atoms with E-state index in [9.17, 15) is 0 Å². The number of aryl methyl sites for hydroxylation is 1. The lowest BCUT2D eigenvalue weighted by atomic mass is 10.3. The molecule has 3 aromatic rings. The fourth-order valence-corrected chi connectivity index (χ4v) is 1.96. The van der Waals surface area contributed by atoms with Gasteiger partial charge in [-0.05, 0) is 31.3 Å². The number of oxazole rings is 1. The summed E-state index contributed by atoms with van der Waals surface area (Å²) >= 11 is 5.23. The van der Waals surface area contributed by atoms with Crippen LogP contribution in [0.4, 0.5) is 0 Å². The topological polar surface area (TPSA) is 72.5 Å². The molecule has 0 fully saturated rings. The molecule has 1 N–H and O–H groups in total. The Morgan fingerprint density at radius 1 is 1.37 bits per heavy atom. The maximum absolute atomic E-state index is 5.46. The van der Waals surface area contributed by atoms with Crippen molar-refractivity contribution in [2.45, 2.75) is 13.5 Å². The first kappa shape index (κ1) is 11.8. The van der Waals surface area contributed by atoms with E-state index < -0.39 is 0 Å². The number of aromatic amines is 1. The minimum Gasteiger partial charge on any atom is -0.444 e. The molecule has 7 heteroatoms. The van der Waals surface area contributed by atoms with E-state index in [1.165, 1.54) is 0 Å². The summed E-state index contributed by atoms with van der Waals surface area (Å²) in [5, 5.41) is 6.97. The van der Waals surface area contributed by atoms with E-state index in [1.54, 1.807) is 12.4 Å². The van der Waals surface area contributed by atoms with Gasteiger partial charge in [0.2, 0.25) is 5.89 Å². The monoisotopic (exact) mass is 273 g/mol. The number of hydrogen-bond donors (Lipinski definition) is 1. The van der Waals surface area contributed by atoms with Crippen molar-refractivity contribution in [3.63, 3.8) is 0 Å². The zero-order valence-electron chi connectivity index (χ0n) is 10.2. The van der Waals surface area contributed by atoms with Crippen LogP contribution >= 0.6 is 12.2 Å². The molecule has 0 radical (unpaired) electrons. The van der Waals surface area contributed by atoms with E-state index in [4.69, 9.17) is 16.6 Å². The van der Waals surface area contributed by atoms with Crippen molar-refractivity contribution in [1.29, 1.82) is 0 Å². The van der Waals surface area contributed by atoms with Crippen LogP contribution in [0.5, 0.6) is 0 Å². The summed E-state index contributed by atoms with van der Waals surface area (Å²) in [6.45, 7) is 2.28. The smallest absolute Gasteiger partial charge is 0.214 e. The van der Waals surface area contributed by atoms with E-state index in [1.807, 2.05) is 29.7 Å². The van der Waals surface area contributed by atoms with Crippen LogP contribution in [0.25, 0.3) is 11.5 Å². The molecule has 0 amide bonds. The van der Waals surface area contributed by atoms with E-state index in [0.29, 0.717) is 23.0 Å². The minimum absolute atomic E-state index is 0.426. The zero-order chi connectivity index (χ0) is 13.2.